The van der Waals surface area contributed by atoms with Crippen LogP contribution in [0.4, 0.5) is 0 Å². The van der Waals surface area contributed by atoms with Crippen molar-refractivity contribution in [2.24, 2.45) is 5.84 Å². The summed E-state index contributed by atoms with van der Waals surface area (Å²) in [4.78, 5) is 0. The van der Waals surface area contributed by atoms with Crippen molar-refractivity contribution in [3.8, 4) is 0 Å². The summed E-state index contributed by atoms with van der Waals surface area (Å²) in [5.41, 5.74) is 9.87. The van der Waals surface area contributed by atoms with E-state index in [2.05, 4.69) is 44.4 Å². The van der Waals surface area contributed by atoms with Crippen LogP contribution in [0.3, 0.4) is 0 Å². The Balaban J connectivity index is 2.17. The minimum atomic E-state index is -0.0760. The van der Waals surface area contributed by atoms with Crippen LogP contribution in [0.15, 0.2) is 47.1 Å². The number of para-hydroxylation sites is 1. The van der Waals surface area contributed by atoms with Gasteiger partial charge in [0.15, 0.2) is 0 Å². The molecule has 1 aromatic heterocycles. The predicted molar refractivity (Wildman–Crippen MR) is 86.0 cm³/mol. The molecule has 108 valence electrons. The van der Waals surface area contributed by atoms with Gasteiger partial charge in [-0.05, 0) is 49.1 Å². The Morgan fingerprint density at radius 3 is 2.43 bits per heavy atom. The molecule has 21 heavy (non-hydrogen) atoms. The van der Waals surface area contributed by atoms with Gasteiger partial charge in [0.25, 0.3) is 0 Å². The molecule has 0 amide bonds. The maximum absolute atomic E-state index is 5.85. The predicted octanol–water partition coefficient (Wildman–Crippen LogP) is 3.91. The van der Waals surface area contributed by atoms with Gasteiger partial charge in [-0.1, -0.05) is 30.3 Å². The summed E-state index contributed by atoms with van der Waals surface area (Å²) in [7, 11) is 0. The van der Waals surface area contributed by atoms with Gasteiger partial charge in [0.05, 0.1) is 12.3 Å². The summed E-state index contributed by atoms with van der Waals surface area (Å²) in [6.07, 6.45) is 1.80. The number of aryl methyl sites for hydroxylation is 3. The fraction of sp³-hybridized carbons (Fsp3) is 0.222. The van der Waals surface area contributed by atoms with Crippen molar-refractivity contribution < 1.29 is 4.42 Å². The molecule has 2 aromatic carbocycles. The number of hydrogen-bond acceptors (Lipinski definition) is 3. The third kappa shape index (κ3) is 2.35. The molecule has 0 saturated carbocycles. The van der Waals surface area contributed by atoms with E-state index in [1.807, 2.05) is 18.2 Å². The minimum absolute atomic E-state index is 0.0760. The van der Waals surface area contributed by atoms with Gasteiger partial charge < -0.3 is 4.42 Å². The molecule has 0 fully saturated rings. The Morgan fingerprint density at radius 1 is 0.952 bits per heavy atom. The second-order valence-corrected chi connectivity index (χ2v) is 5.58. The number of hydrazine groups is 1. The average Bonchev–Trinajstić information content (AvgIpc) is 2.89. The van der Waals surface area contributed by atoms with Crippen molar-refractivity contribution in [3.63, 3.8) is 0 Å². The third-order valence-corrected chi connectivity index (χ3v) is 4.18. The average molecular weight is 280 g/mol. The van der Waals surface area contributed by atoms with Crippen LogP contribution in [0, 0.1) is 20.8 Å². The summed E-state index contributed by atoms with van der Waals surface area (Å²) in [6.45, 7) is 6.37. The van der Waals surface area contributed by atoms with Crippen LogP contribution in [-0.2, 0) is 0 Å². The van der Waals surface area contributed by atoms with E-state index in [1.165, 1.54) is 22.3 Å². The lowest BCUT2D eigenvalue weighted by Gasteiger charge is -2.19. The lowest BCUT2D eigenvalue weighted by molar-refractivity contribution is 0.584. The lowest BCUT2D eigenvalue weighted by atomic mass is 9.92. The van der Waals surface area contributed by atoms with Gasteiger partial charge in [-0.2, -0.15) is 0 Å². The molecular weight excluding hydrogens is 260 g/mol. The molecular formula is C18H20N2O. The maximum atomic E-state index is 5.85. The molecule has 1 unspecified atom stereocenters. The quantitative estimate of drug-likeness (QED) is 0.565. The summed E-state index contributed by atoms with van der Waals surface area (Å²) in [6, 6.07) is 12.4. The first kappa shape index (κ1) is 13.9. The zero-order valence-electron chi connectivity index (χ0n) is 12.6. The van der Waals surface area contributed by atoms with E-state index in [4.69, 9.17) is 10.3 Å². The van der Waals surface area contributed by atoms with E-state index in [1.54, 1.807) is 6.26 Å². The van der Waals surface area contributed by atoms with Crippen molar-refractivity contribution in [1.82, 2.24) is 5.43 Å². The largest absolute Gasteiger partial charge is 0.464 e. The Labute approximate surface area is 124 Å². The van der Waals surface area contributed by atoms with Crippen LogP contribution in [-0.4, -0.2) is 0 Å². The fourth-order valence-corrected chi connectivity index (χ4v) is 2.86. The molecule has 0 saturated heterocycles. The number of benzene rings is 2. The van der Waals surface area contributed by atoms with Crippen molar-refractivity contribution in [2.75, 3.05) is 0 Å². The standard InChI is InChI=1S/C18H20N2O/c1-11-8-13(3)15(9-12(11)2)18(20-19)16-10-21-17-7-5-4-6-14(16)17/h4-10,18,20H,19H2,1-3H3. The zero-order valence-corrected chi connectivity index (χ0v) is 12.6. The monoisotopic (exact) mass is 280 g/mol. The van der Waals surface area contributed by atoms with Crippen LogP contribution >= 0.6 is 0 Å². The normalized spacial score (nSPS) is 12.8. The van der Waals surface area contributed by atoms with E-state index in [9.17, 15) is 0 Å². The molecule has 3 aromatic rings. The molecule has 3 heteroatoms. The highest BCUT2D eigenvalue weighted by Gasteiger charge is 2.20. The van der Waals surface area contributed by atoms with E-state index in [0.29, 0.717) is 0 Å². The zero-order chi connectivity index (χ0) is 15.0. The minimum Gasteiger partial charge on any atom is -0.464 e. The lowest BCUT2D eigenvalue weighted by Crippen LogP contribution is -2.29. The molecule has 0 bridgehead atoms. The topological polar surface area (TPSA) is 51.2 Å². The van der Waals surface area contributed by atoms with E-state index >= 15 is 0 Å². The number of hydrogen-bond donors (Lipinski definition) is 2. The van der Waals surface area contributed by atoms with Gasteiger partial charge in [0.1, 0.15) is 5.58 Å². The third-order valence-electron chi connectivity index (χ3n) is 4.18. The van der Waals surface area contributed by atoms with Crippen molar-refractivity contribution >= 4 is 11.0 Å². The van der Waals surface area contributed by atoms with Crippen molar-refractivity contribution in [3.05, 3.63) is 70.5 Å². The first-order chi connectivity index (χ1) is 10.1. The molecule has 3 nitrogen and oxygen atoms in total. The highest BCUT2D eigenvalue weighted by molar-refractivity contribution is 5.82. The highest BCUT2D eigenvalue weighted by atomic mass is 16.3. The molecule has 0 radical (unpaired) electrons. The van der Waals surface area contributed by atoms with E-state index < -0.39 is 0 Å². The molecule has 0 aliphatic rings. The van der Waals surface area contributed by atoms with Crippen molar-refractivity contribution in [1.29, 1.82) is 0 Å². The Hall–Kier alpha value is -2.10. The first-order valence-corrected chi connectivity index (χ1v) is 7.12. The molecule has 3 rings (SSSR count). The first-order valence-electron chi connectivity index (χ1n) is 7.12. The van der Waals surface area contributed by atoms with Crippen molar-refractivity contribution in [2.45, 2.75) is 26.8 Å². The van der Waals surface area contributed by atoms with Crippen LogP contribution in [0.25, 0.3) is 11.0 Å². The summed E-state index contributed by atoms with van der Waals surface area (Å²) >= 11 is 0. The van der Waals surface area contributed by atoms with Gasteiger partial charge in [-0.15, -0.1) is 0 Å². The second kappa shape index (κ2) is 5.35. The molecule has 0 aliphatic carbocycles. The Morgan fingerprint density at radius 2 is 1.67 bits per heavy atom. The molecule has 1 atom stereocenters. The summed E-state index contributed by atoms with van der Waals surface area (Å²) in [5.74, 6) is 5.85. The summed E-state index contributed by atoms with van der Waals surface area (Å²) < 4.78 is 5.65. The Bertz CT molecular complexity index is 789. The SMILES string of the molecule is Cc1cc(C)c(C(NN)c2coc3ccccc23)cc1C. The van der Waals surface area contributed by atoms with E-state index in [0.717, 1.165) is 16.5 Å². The molecule has 1 heterocycles. The smallest absolute Gasteiger partial charge is 0.134 e. The Kier molecular flexibility index (Phi) is 3.53. The number of nitrogens with two attached hydrogens (primary N) is 1. The highest BCUT2D eigenvalue weighted by Crippen LogP contribution is 2.32. The molecule has 3 N–H and O–H groups in total. The van der Waals surface area contributed by atoms with Crippen LogP contribution in [0.5, 0.6) is 0 Å². The van der Waals surface area contributed by atoms with Gasteiger partial charge >= 0.3 is 0 Å². The number of furan rings is 1. The van der Waals surface area contributed by atoms with Crippen LogP contribution < -0.4 is 11.3 Å². The fourth-order valence-electron chi connectivity index (χ4n) is 2.86. The van der Waals surface area contributed by atoms with E-state index in [-0.39, 0.29) is 6.04 Å². The second-order valence-electron chi connectivity index (χ2n) is 5.58. The number of rotatable bonds is 3. The van der Waals surface area contributed by atoms with Gasteiger partial charge in [0.2, 0.25) is 0 Å². The number of nitrogens with one attached hydrogen (secondary N) is 1. The maximum Gasteiger partial charge on any atom is 0.134 e. The van der Waals surface area contributed by atoms with Crippen LogP contribution in [0.2, 0.25) is 0 Å². The van der Waals surface area contributed by atoms with Gasteiger partial charge in [-0.3, -0.25) is 5.84 Å². The van der Waals surface area contributed by atoms with Gasteiger partial charge in [-0.25, -0.2) is 5.43 Å². The molecule has 0 aliphatic heterocycles. The van der Waals surface area contributed by atoms with Crippen LogP contribution in [0.1, 0.15) is 33.9 Å². The molecule has 0 spiro atoms. The summed E-state index contributed by atoms with van der Waals surface area (Å²) in [5, 5.41) is 1.10. The van der Waals surface area contributed by atoms with Gasteiger partial charge in [0, 0.05) is 10.9 Å². The number of fused-ring (bicyclic) bond motifs is 1.